The molecule has 0 bridgehead atoms. The molecule has 1 heterocycles. The summed E-state index contributed by atoms with van der Waals surface area (Å²) < 4.78 is 31.6. The average Bonchev–Trinajstić information content (AvgIpc) is 1.85. The minimum absolute atomic E-state index is 0.259. The van der Waals surface area contributed by atoms with E-state index in [0.29, 0.717) is 0 Å². The number of hydrogen-bond acceptors (Lipinski definition) is 6. The maximum Gasteiger partial charge on any atom is 0.394 e. The molecule has 1 aromatic rings. The lowest BCUT2D eigenvalue weighted by Gasteiger charge is -1.81. The molecule has 0 unspecified atom stereocenters. The van der Waals surface area contributed by atoms with Gasteiger partial charge in [-0.05, 0) is 0 Å². The summed E-state index contributed by atoms with van der Waals surface area (Å²) in [5.74, 6) is 0.259. The molecule has 0 aromatic carbocycles. The van der Waals surface area contributed by atoms with Gasteiger partial charge < -0.3 is 5.73 Å². The Morgan fingerprint density at radius 3 is 1.75 bits per heavy atom. The topological polar surface area (TPSA) is 139 Å². The van der Waals surface area contributed by atoms with E-state index in [0.717, 1.165) is 0 Å². The molecule has 0 saturated carbocycles. The van der Waals surface area contributed by atoms with Gasteiger partial charge in [-0.15, -0.1) is 0 Å². The Kier molecular flexibility index (Phi) is 4.04. The summed E-state index contributed by atoms with van der Waals surface area (Å²) in [6, 6.07) is 0. The summed E-state index contributed by atoms with van der Waals surface area (Å²) in [5, 5.41) is 0. The lowest BCUT2D eigenvalue weighted by Crippen LogP contribution is -1.92. The quantitative estimate of drug-likeness (QED) is 0.437. The van der Waals surface area contributed by atoms with Crippen LogP contribution < -0.4 is 5.73 Å². The first-order chi connectivity index (χ1) is 5.39. The van der Waals surface area contributed by atoms with Gasteiger partial charge in [0.1, 0.15) is 12.7 Å². The van der Waals surface area contributed by atoms with Gasteiger partial charge in [0.05, 0.1) is 0 Å². The van der Waals surface area contributed by atoms with Crippen LogP contribution in [0.15, 0.2) is 12.7 Å². The van der Waals surface area contributed by atoms with E-state index < -0.39 is 10.4 Å². The molecule has 4 N–H and O–H groups in total. The summed E-state index contributed by atoms with van der Waals surface area (Å²) in [5.41, 5.74) is 5.10. The predicted octanol–water partition coefficient (Wildman–Crippen LogP) is -1.20. The van der Waals surface area contributed by atoms with E-state index in [2.05, 4.69) is 15.0 Å². The minimum atomic E-state index is -4.67. The van der Waals surface area contributed by atoms with Gasteiger partial charge in [-0.2, -0.15) is 8.42 Å². The number of anilines is 1. The largest absolute Gasteiger partial charge is 0.394 e. The Hall–Kier alpha value is -1.32. The van der Waals surface area contributed by atoms with Crippen LogP contribution in [0.5, 0.6) is 0 Å². The fourth-order valence-corrected chi connectivity index (χ4v) is 0.248. The average molecular weight is 194 g/mol. The van der Waals surface area contributed by atoms with Crippen LogP contribution in [-0.2, 0) is 10.4 Å². The fraction of sp³-hybridized carbons (Fsp3) is 0. The smallest absolute Gasteiger partial charge is 0.368 e. The zero-order valence-electron chi connectivity index (χ0n) is 5.69. The summed E-state index contributed by atoms with van der Waals surface area (Å²) in [7, 11) is -4.67. The highest BCUT2D eigenvalue weighted by Gasteiger charge is 1.84. The molecule has 0 radical (unpaired) electrons. The van der Waals surface area contributed by atoms with Gasteiger partial charge in [0, 0.05) is 0 Å². The molecule has 0 fully saturated rings. The number of hydrogen-bond donors (Lipinski definition) is 3. The predicted molar refractivity (Wildman–Crippen MR) is 38.4 cm³/mol. The van der Waals surface area contributed by atoms with Crippen LogP contribution >= 0.6 is 0 Å². The number of nitrogens with two attached hydrogens (primary N) is 1. The van der Waals surface area contributed by atoms with Crippen LogP contribution in [-0.4, -0.2) is 32.5 Å². The Bertz CT molecular complexity index is 302. The summed E-state index contributed by atoms with van der Waals surface area (Å²) >= 11 is 0. The first-order valence-corrected chi connectivity index (χ1v) is 3.86. The van der Waals surface area contributed by atoms with Crippen molar-refractivity contribution in [2.24, 2.45) is 0 Å². The second-order valence-corrected chi connectivity index (χ2v) is 2.34. The molecule has 0 atom stereocenters. The zero-order valence-corrected chi connectivity index (χ0v) is 6.51. The van der Waals surface area contributed by atoms with Gasteiger partial charge in [0.15, 0.2) is 0 Å². The van der Waals surface area contributed by atoms with E-state index in [1.165, 1.54) is 12.7 Å². The van der Waals surface area contributed by atoms with Crippen LogP contribution in [0.4, 0.5) is 5.95 Å². The maximum absolute atomic E-state index is 8.74. The van der Waals surface area contributed by atoms with Gasteiger partial charge in [-0.1, -0.05) is 0 Å². The highest BCUT2D eigenvalue weighted by molar-refractivity contribution is 7.79. The molecule has 0 aliphatic carbocycles. The van der Waals surface area contributed by atoms with Crippen LogP contribution in [0.2, 0.25) is 0 Å². The van der Waals surface area contributed by atoms with Gasteiger partial charge >= 0.3 is 10.4 Å². The SMILES string of the molecule is Nc1ncncn1.O=S(=O)(O)O. The number of nitrogens with zero attached hydrogens (tertiary/aromatic N) is 3. The standard InChI is InChI=1S/C3H4N4.H2O4S/c4-3-6-1-5-2-7-3;1-5(2,3)4/h1-2H,(H2,4,5,6,7);(H2,1,2,3,4). The van der Waals surface area contributed by atoms with Crippen molar-refractivity contribution in [1.29, 1.82) is 0 Å². The van der Waals surface area contributed by atoms with Gasteiger partial charge in [-0.3, -0.25) is 9.11 Å². The van der Waals surface area contributed by atoms with Crippen molar-refractivity contribution >= 4 is 16.3 Å². The minimum Gasteiger partial charge on any atom is -0.368 e. The van der Waals surface area contributed by atoms with E-state index in [-0.39, 0.29) is 5.95 Å². The Labute approximate surface area is 68.1 Å². The van der Waals surface area contributed by atoms with Crippen LogP contribution in [0.1, 0.15) is 0 Å². The zero-order chi connectivity index (χ0) is 9.61. The van der Waals surface area contributed by atoms with Crippen molar-refractivity contribution in [3.05, 3.63) is 12.7 Å². The van der Waals surface area contributed by atoms with E-state index in [9.17, 15) is 0 Å². The first-order valence-electron chi connectivity index (χ1n) is 2.47. The lowest BCUT2D eigenvalue weighted by atomic mass is 11.0. The molecule has 9 heteroatoms. The molecule has 0 aliphatic heterocycles. The van der Waals surface area contributed by atoms with Crippen LogP contribution in [0, 0.1) is 0 Å². The van der Waals surface area contributed by atoms with E-state index in [1.807, 2.05) is 0 Å². The first kappa shape index (κ1) is 10.7. The molecule has 12 heavy (non-hydrogen) atoms. The molecular weight excluding hydrogens is 188 g/mol. The van der Waals surface area contributed by atoms with Crippen LogP contribution in [0.3, 0.4) is 0 Å². The number of rotatable bonds is 0. The molecule has 0 saturated heterocycles. The Morgan fingerprint density at radius 2 is 1.58 bits per heavy atom. The third kappa shape index (κ3) is 11.5. The molecule has 1 aromatic heterocycles. The van der Waals surface area contributed by atoms with Crippen molar-refractivity contribution < 1.29 is 17.5 Å². The van der Waals surface area contributed by atoms with Crippen molar-refractivity contribution in [3.8, 4) is 0 Å². The maximum atomic E-state index is 8.74. The second kappa shape index (κ2) is 4.54. The van der Waals surface area contributed by atoms with E-state index in [4.69, 9.17) is 23.3 Å². The third-order valence-electron chi connectivity index (χ3n) is 0.513. The van der Waals surface area contributed by atoms with Crippen molar-refractivity contribution in [2.75, 3.05) is 5.73 Å². The molecular formula is C3H6N4O4S. The monoisotopic (exact) mass is 194 g/mol. The normalized spacial score (nSPS) is 9.83. The van der Waals surface area contributed by atoms with E-state index >= 15 is 0 Å². The van der Waals surface area contributed by atoms with Gasteiger partial charge in [-0.25, -0.2) is 15.0 Å². The van der Waals surface area contributed by atoms with E-state index in [1.54, 1.807) is 0 Å². The van der Waals surface area contributed by atoms with Gasteiger partial charge in [0.2, 0.25) is 5.95 Å². The highest BCUT2D eigenvalue weighted by Crippen LogP contribution is 1.77. The third-order valence-corrected chi connectivity index (χ3v) is 0.513. The van der Waals surface area contributed by atoms with Crippen molar-refractivity contribution in [1.82, 2.24) is 15.0 Å². The van der Waals surface area contributed by atoms with Gasteiger partial charge in [0.25, 0.3) is 0 Å². The molecule has 8 nitrogen and oxygen atoms in total. The number of aromatic nitrogens is 3. The van der Waals surface area contributed by atoms with Crippen LogP contribution in [0.25, 0.3) is 0 Å². The van der Waals surface area contributed by atoms with Crippen molar-refractivity contribution in [2.45, 2.75) is 0 Å². The summed E-state index contributed by atoms with van der Waals surface area (Å²) in [4.78, 5) is 10.6. The lowest BCUT2D eigenvalue weighted by molar-refractivity contribution is 0.381. The number of nitrogen functional groups attached to an aromatic ring is 1. The highest BCUT2D eigenvalue weighted by atomic mass is 32.3. The molecule has 0 spiro atoms. The second-order valence-electron chi connectivity index (χ2n) is 1.44. The summed E-state index contributed by atoms with van der Waals surface area (Å²) in [6.07, 6.45) is 2.70. The molecule has 0 aliphatic rings. The van der Waals surface area contributed by atoms with Crippen molar-refractivity contribution in [3.63, 3.8) is 0 Å². The molecule has 0 amide bonds. The summed E-state index contributed by atoms with van der Waals surface area (Å²) in [6.45, 7) is 0. The Morgan fingerprint density at radius 1 is 1.25 bits per heavy atom. The fourth-order valence-electron chi connectivity index (χ4n) is 0.248. The molecule has 68 valence electrons. The molecule has 1 rings (SSSR count). The Balaban J connectivity index is 0.000000217.